The SMILES string of the molecule is COc1ccc(-c2nc(C[S@@](=O)CC(=O)N[C@H]3CCCC[C@@H]3C)c(C)o2)cc1OC. The molecular formula is C22H30N2O5S. The maximum atomic E-state index is 12.6. The van der Waals surface area contributed by atoms with Crippen molar-refractivity contribution < 1.29 is 22.9 Å². The number of hydrogen-bond donors (Lipinski definition) is 1. The minimum absolute atomic E-state index is 0.0266. The van der Waals surface area contributed by atoms with E-state index < -0.39 is 10.8 Å². The maximum Gasteiger partial charge on any atom is 0.232 e. The Bertz CT molecular complexity index is 911. The average molecular weight is 435 g/mol. The summed E-state index contributed by atoms with van der Waals surface area (Å²) < 4.78 is 28.9. The zero-order chi connectivity index (χ0) is 21.7. The third-order valence-electron chi connectivity index (χ3n) is 5.57. The zero-order valence-electron chi connectivity index (χ0n) is 18.0. The van der Waals surface area contributed by atoms with Gasteiger partial charge in [-0.25, -0.2) is 4.98 Å². The molecule has 8 heteroatoms. The highest BCUT2D eigenvalue weighted by atomic mass is 32.2. The number of ether oxygens (including phenoxy) is 2. The van der Waals surface area contributed by atoms with E-state index >= 15 is 0 Å². The van der Waals surface area contributed by atoms with Gasteiger partial charge in [-0.2, -0.15) is 0 Å². The number of nitrogens with one attached hydrogen (secondary N) is 1. The second-order valence-electron chi connectivity index (χ2n) is 7.76. The van der Waals surface area contributed by atoms with Crippen molar-refractivity contribution in [3.63, 3.8) is 0 Å². The van der Waals surface area contributed by atoms with Crippen molar-refractivity contribution in [1.82, 2.24) is 10.3 Å². The molecule has 0 unspecified atom stereocenters. The van der Waals surface area contributed by atoms with Gasteiger partial charge in [0, 0.05) is 22.4 Å². The minimum atomic E-state index is -1.36. The molecule has 1 heterocycles. The van der Waals surface area contributed by atoms with E-state index in [4.69, 9.17) is 13.9 Å². The van der Waals surface area contributed by atoms with Crippen LogP contribution in [0.4, 0.5) is 0 Å². The zero-order valence-corrected chi connectivity index (χ0v) is 18.8. The van der Waals surface area contributed by atoms with Gasteiger partial charge in [0.05, 0.1) is 25.7 Å². The van der Waals surface area contributed by atoms with Gasteiger partial charge in [0.15, 0.2) is 11.5 Å². The van der Waals surface area contributed by atoms with Crippen molar-refractivity contribution in [1.29, 1.82) is 0 Å². The van der Waals surface area contributed by atoms with E-state index in [-0.39, 0.29) is 23.5 Å². The lowest BCUT2D eigenvalue weighted by Crippen LogP contribution is -2.42. The summed E-state index contributed by atoms with van der Waals surface area (Å²) in [7, 11) is 1.78. The number of carbonyl (C=O) groups is 1. The van der Waals surface area contributed by atoms with Gasteiger partial charge in [-0.05, 0) is 43.9 Å². The third-order valence-corrected chi connectivity index (χ3v) is 6.75. The highest BCUT2D eigenvalue weighted by Gasteiger charge is 2.24. The molecule has 7 nitrogen and oxygen atoms in total. The summed E-state index contributed by atoms with van der Waals surface area (Å²) in [5.74, 6) is 2.66. The fraction of sp³-hybridized carbons (Fsp3) is 0.545. The smallest absolute Gasteiger partial charge is 0.232 e. The van der Waals surface area contributed by atoms with Gasteiger partial charge in [-0.3, -0.25) is 9.00 Å². The maximum absolute atomic E-state index is 12.6. The number of hydrogen-bond acceptors (Lipinski definition) is 6. The normalized spacial score (nSPS) is 19.9. The van der Waals surface area contributed by atoms with Crippen molar-refractivity contribution in [2.45, 2.75) is 51.3 Å². The van der Waals surface area contributed by atoms with Crippen molar-refractivity contribution in [3.05, 3.63) is 29.7 Å². The first-order valence-corrected chi connectivity index (χ1v) is 11.7. The van der Waals surface area contributed by atoms with Gasteiger partial charge in [0.25, 0.3) is 0 Å². The summed E-state index contributed by atoms with van der Waals surface area (Å²) in [6.45, 7) is 3.95. The fourth-order valence-corrected chi connectivity index (χ4v) is 4.83. The van der Waals surface area contributed by atoms with Crippen LogP contribution in [-0.2, 0) is 21.3 Å². The van der Waals surface area contributed by atoms with Gasteiger partial charge in [-0.1, -0.05) is 19.8 Å². The van der Waals surface area contributed by atoms with Crippen LogP contribution in [0.15, 0.2) is 22.6 Å². The van der Waals surface area contributed by atoms with Crippen molar-refractivity contribution in [3.8, 4) is 23.0 Å². The second-order valence-corrected chi connectivity index (χ2v) is 9.21. The molecular weight excluding hydrogens is 404 g/mol. The number of oxazole rings is 1. The Morgan fingerprint density at radius 1 is 1.23 bits per heavy atom. The Hall–Kier alpha value is -2.35. The number of benzene rings is 1. The van der Waals surface area contributed by atoms with Gasteiger partial charge >= 0.3 is 0 Å². The molecule has 0 saturated heterocycles. The summed E-state index contributed by atoms with van der Waals surface area (Å²) in [5, 5.41) is 3.05. The van der Waals surface area contributed by atoms with Crippen LogP contribution in [0.25, 0.3) is 11.5 Å². The Balaban J connectivity index is 1.62. The van der Waals surface area contributed by atoms with E-state index in [0.29, 0.717) is 34.8 Å². The first kappa shape index (κ1) is 22.3. The molecule has 1 saturated carbocycles. The molecule has 164 valence electrons. The Kier molecular flexibility index (Phi) is 7.53. The summed E-state index contributed by atoms with van der Waals surface area (Å²) in [5.41, 5.74) is 1.33. The number of nitrogens with zero attached hydrogens (tertiary/aromatic N) is 1. The predicted molar refractivity (Wildman–Crippen MR) is 116 cm³/mol. The van der Waals surface area contributed by atoms with Crippen LogP contribution in [-0.4, -0.2) is 41.1 Å². The molecule has 3 rings (SSSR count). The number of rotatable bonds is 8. The first-order chi connectivity index (χ1) is 14.4. The van der Waals surface area contributed by atoms with E-state index in [9.17, 15) is 9.00 Å². The molecule has 0 radical (unpaired) electrons. The lowest BCUT2D eigenvalue weighted by molar-refractivity contribution is -0.119. The summed E-state index contributed by atoms with van der Waals surface area (Å²) in [6, 6.07) is 5.58. The van der Waals surface area contributed by atoms with E-state index in [1.54, 1.807) is 33.3 Å². The number of amides is 1. The quantitative estimate of drug-likeness (QED) is 0.683. The van der Waals surface area contributed by atoms with Crippen LogP contribution in [0.3, 0.4) is 0 Å². The standard InChI is InChI=1S/C22H30N2O5S/c1-14-7-5-6-8-17(14)23-21(25)13-30(26)12-18-15(2)29-22(24-18)16-9-10-19(27-3)20(11-16)28-4/h9-11,14,17H,5-8,12-13H2,1-4H3,(H,23,25)/t14-,17-,30+/m0/s1. The lowest BCUT2D eigenvalue weighted by atomic mass is 9.86. The average Bonchev–Trinajstić information content (AvgIpc) is 3.09. The predicted octanol–water partition coefficient (Wildman–Crippen LogP) is 3.61. The molecule has 2 aromatic rings. The fourth-order valence-electron chi connectivity index (χ4n) is 3.78. The highest BCUT2D eigenvalue weighted by molar-refractivity contribution is 7.84. The molecule has 30 heavy (non-hydrogen) atoms. The van der Waals surface area contributed by atoms with Gasteiger partial charge in [0.2, 0.25) is 11.8 Å². The molecule has 1 aliphatic rings. The largest absolute Gasteiger partial charge is 0.493 e. The van der Waals surface area contributed by atoms with Crippen molar-refractivity contribution >= 4 is 16.7 Å². The molecule has 0 spiro atoms. The van der Waals surface area contributed by atoms with Crippen molar-refractivity contribution in [2.75, 3.05) is 20.0 Å². The topological polar surface area (TPSA) is 90.7 Å². The van der Waals surface area contributed by atoms with Crippen LogP contribution in [0.1, 0.15) is 44.1 Å². The molecule has 1 amide bonds. The number of carbonyl (C=O) groups excluding carboxylic acids is 1. The minimum Gasteiger partial charge on any atom is -0.493 e. The lowest BCUT2D eigenvalue weighted by Gasteiger charge is -2.29. The Morgan fingerprint density at radius 2 is 1.97 bits per heavy atom. The van der Waals surface area contributed by atoms with Crippen LogP contribution >= 0.6 is 0 Å². The van der Waals surface area contributed by atoms with Gasteiger partial charge in [-0.15, -0.1) is 0 Å². The van der Waals surface area contributed by atoms with Crippen LogP contribution in [0.5, 0.6) is 11.5 Å². The van der Waals surface area contributed by atoms with Gasteiger partial charge in [0.1, 0.15) is 11.5 Å². The monoisotopic (exact) mass is 434 g/mol. The molecule has 1 aliphatic carbocycles. The van der Waals surface area contributed by atoms with E-state index in [2.05, 4.69) is 17.2 Å². The first-order valence-electron chi connectivity index (χ1n) is 10.2. The molecule has 1 N–H and O–H groups in total. The summed E-state index contributed by atoms with van der Waals surface area (Å²) >= 11 is 0. The Labute approximate surface area is 180 Å². The molecule has 0 aliphatic heterocycles. The second kappa shape index (κ2) is 10.1. The number of aromatic nitrogens is 1. The number of methoxy groups -OCH3 is 2. The molecule has 1 aromatic heterocycles. The Morgan fingerprint density at radius 3 is 2.67 bits per heavy atom. The summed E-state index contributed by atoms with van der Waals surface area (Å²) in [4.78, 5) is 16.8. The van der Waals surface area contributed by atoms with Crippen molar-refractivity contribution in [2.24, 2.45) is 5.92 Å². The summed E-state index contributed by atoms with van der Waals surface area (Å²) in [6.07, 6.45) is 4.48. The van der Waals surface area contributed by atoms with Crippen LogP contribution in [0.2, 0.25) is 0 Å². The van der Waals surface area contributed by atoms with Crippen LogP contribution < -0.4 is 14.8 Å². The molecule has 3 atom stereocenters. The molecule has 1 aromatic carbocycles. The van der Waals surface area contributed by atoms with Gasteiger partial charge < -0.3 is 19.2 Å². The van der Waals surface area contributed by atoms with Crippen LogP contribution in [0, 0.1) is 12.8 Å². The molecule has 0 bridgehead atoms. The highest BCUT2D eigenvalue weighted by Crippen LogP contribution is 2.32. The van der Waals surface area contributed by atoms with E-state index in [1.807, 2.05) is 6.07 Å². The molecule has 1 fully saturated rings. The van der Waals surface area contributed by atoms with E-state index in [0.717, 1.165) is 24.8 Å². The number of aryl methyl sites for hydroxylation is 1. The van der Waals surface area contributed by atoms with E-state index in [1.165, 1.54) is 6.42 Å². The third kappa shape index (κ3) is 5.41.